The van der Waals surface area contributed by atoms with E-state index in [1.165, 1.54) is 23.8 Å². The first-order valence-corrected chi connectivity index (χ1v) is 5.79. The smallest absolute Gasteiger partial charge is 0.305 e. The molecular weight excluding hydrogens is 216 g/mol. The van der Waals surface area contributed by atoms with Crippen LogP contribution in [-0.4, -0.2) is 20.2 Å². The summed E-state index contributed by atoms with van der Waals surface area (Å²) in [5.41, 5.74) is 3.73. The highest BCUT2D eigenvalue weighted by Gasteiger charge is 2.07. The van der Waals surface area contributed by atoms with Crippen LogP contribution in [0.2, 0.25) is 0 Å². The van der Waals surface area contributed by atoms with E-state index in [1.54, 1.807) is 7.11 Å². The van der Waals surface area contributed by atoms with Crippen LogP contribution in [0.5, 0.6) is 5.75 Å². The summed E-state index contributed by atoms with van der Waals surface area (Å²) in [6.07, 6.45) is 2.19. The van der Waals surface area contributed by atoms with Crippen LogP contribution < -0.4 is 4.74 Å². The minimum absolute atomic E-state index is 0.145. The zero-order valence-electron chi connectivity index (χ0n) is 11.0. The Hall–Kier alpha value is -1.51. The molecule has 0 unspecified atom stereocenters. The molecule has 1 rings (SSSR count). The molecule has 0 saturated heterocycles. The number of ether oxygens (including phenoxy) is 2. The zero-order valence-corrected chi connectivity index (χ0v) is 11.0. The van der Waals surface area contributed by atoms with Gasteiger partial charge in [0.1, 0.15) is 5.75 Å². The number of aryl methyl sites for hydroxylation is 2. The zero-order chi connectivity index (χ0) is 12.8. The van der Waals surface area contributed by atoms with Crippen LogP contribution in [0.3, 0.4) is 0 Å². The fraction of sp³-hybridized carbons (Fsp3) is 0.500. The molecule has 0 heterocycles. The first-order valence-electron chi connectivity index (χ1n) is 5.79. The topological polar surface area (TPSA) is 35.5 Å². The van der Waals surface area contributed by atoms with Crippen LogP contribution in [0.25, 0.3) is 0 Å². The van der Waals surface area contributed by atoms with Crippen molar-refractivity contribution in [1.82, 2.24) is 0 Å². The molecule has 0 spiro atoms. The molecule has 0 N–H and O–H groups in total. The van der Waals surface area contributed by atoms with Crippen molar-refractivity contribution in [3.8, 4) is 5.75 Å². The van der Waals surface area contributed by atoms with Gasteiger partial charge in [0, 0.05) is 6.42 Å². The Kier molecular flexibility index (Phi) is 5.01. The maximum Gasteiger partial charge on any atom is 0.305 e. The fourth-order valence-electron chi connectivity index (χ4n) is 1.98. The van der Waals surface area contributed by atoms with Crippen LogP contribution in [0.15, 0.2) is 12.1 Å². The van der Waals surface area contributed by atoms with Crippen molar-refractivity contribution in [2.45, 2.75) is 33.1 Å². The van der Waals surface area contributed by atoms with E-state index in [0.717, 1.165) is 18.6 Å². The number of rotatable bonds is 5. The molecule has 0 aromatic heterocycles. The van der Waals surface area contributed by atoms with E-state index in [0.29, 0.717) is 6.42 Å². The van der Waals surface area contributed by atoms with Gasteiger partial charge in [-0.25, -0.2) is 0 Å². The summed E-state index contributed by atoms with van der Waals surface area (Å²) in [5.74, 6) is 0.741. The van der Waals surface area contributed by atoms with Gasteiger partial charge in [-0.3, -0.25) is 4.79 Å². The van der Waals surface area contributed by atoms with Crippen LogP contribution in [-0.2, 0) is 16.0 Å². The first kappa shape index (κ1) is 13.6. The third-order valence-electron chi connectivity index (χ3n) is 2.94. The number of hydrogen-bond acceptors (Lipinski definition) is 3. The van der Waals surface area contributed by atoms with E-state index >= 15 is 0 Å². The van der Waals surface area contributed by atoms with Crippen molar-refractivity contribution < 1.29 is 14.3 Å². The highest BCUT2D eigenvalue weighted by molar-refractivity contribution is 5.69. The van der Waals surface area contributed by atoms with E-state index < -0.39 is 0 Å². The van der Waals surface area contributed by atoms with Gasteiger partial charge < -0.3 is 9.47 Å². The third kappa shape index (κ3) is 3.77. The summed E-state index contributed by atoms with van der Waals surface area (Å²) in [5, 5.41) is 0. The molecule has 0 bridgehead atoms. The van der Waals surface area contributed by atoms with Crippen molar-refractivity contribution in [1.29, 1.82) is 0 Å². The predicted molar refractivity (Wildman–Crippen MR) is 67.4 cm³/mol. The Labute approximate surface area is 103 Å². The number of esters is 1. The number of methoxy groups -OCH3 is 2. The maximum absolute atomic E-state index is 11.0. The largest absolute Gasteiger partial charge is 0.497 e. The molecule has 1 aromatic rings. The molecule has 0 fully saturated rings. The SMILES string of the molecule is COC(=O)CCCc1c(C)cc(OC)cc1C. The van der Waals surface area contributed by atoms with Gasteiger partial charge in [-0.1, -0.05) is 0 Å². The van der Waals surface area contributed by atoms with Crippen molar-refractivity contribution in [3.05, 3.63) is 28.8 Å². The molecule has 0 amide bonds. The van der Waals surface area contributed by atoms with E-state index in [-0.39, 0.29) is 5.97 Å². The van der Waals surface area contributed by atoms with Crippen LogP contribution in [0.4, 0.5) is 0 Å². The molecule has 0 aliphatic rings. The van der Waals surface area contributed by atoms with E-state index in [4.69, 9.17) is 4.74 Å². The lowest BCUT2D eigenvalue weighted by Gasteiger charge is -2.11. The summed E-state index contributed by atoms with van der Waals surface area (Å²) in [6, 6.07) is 4.06. The molecule has 0 aliphatic carbocycles. The molecule has 94 valence electrons. The van der Waals surface area contributed by atoms with Crippen LogP contribution >= 0.6 is 0 Å². The first-order chi connectivity index (χ1) is 8.08. The minimum Gasteiger partial charge on any atom is -0.497 e. The number of hydrogen-bond donors (Lipinski definition) is 0. The highest BCUT2D eigenvalue weighted by Crippen LogP contribution is 2.23. The standard InChI is InChI=1S/C14H20O3/c1-10-8-12(16-3)9-11(2)13(10)6-5-7-14(15)17-4/h8-9H,5-7H2,1-4H3. The molecular formula is C14H20O3. The third-order valence-corrected chi connectivity index (χ3v) is 2.94. The van der Waals surface area contributed by atoms with Crippen LogP contribution in [0, 0.1) is 13.8 Å². The van der Waals surface area contributed by atoms with Gasteiger partial charge in [-0.2, -0.15) is 0 Å². The molecule has 17 heavy (non-hydrogen) atoms. The second-order valence-electron chi connectivity index (χ2n) is 4.17. The predicted octanol–water partition coefficient (Wildman–Crippen LogP) is 2.81. The summed E-state index contributed by atoms with van der Waals surface area (Å²) in [6.45, 7) is 4.14. The van der Waals surface area contributed by atoms with Gasteiger partial charge in [0.15, 0.2) is 0 Å². The summed E-state index contributed by atoms with van der Waals surface area (Å²) >= 11 is 0. The van der Waals surface area contributed by atoms with Gasteiger partial charge in [-0.15, -0.1) is 0 Å². The molecule has 0 atom stereocenters. The molecule has 1 aromatic carbocycles. The lowest BCUT2D eigenvalue weighted by atomic mass is 9.97. The lowest BCUT2D eigenvalue weighted by Crippen LogP contribution is -2.02. The Morgan fingerprint density at radius 1 is 1.18 bits per heavy atom. The Bertz CT molecular complexity index is 373. The van der Waals surface area contributed by atoms with Gasteiger partial charge in [0.25, 0.3) is 0 Å². The van der Waals surface area contributed by atoms with Gasteiger partial charge in [-0.05, 0) is 55.5 Å². The minimum atomic E-state index is -0.145. The normalized spacial score (nSPS) is 10.1. The van der Waals surface area contributed by atoms with Crippen LogP contribution in [0.1, 0.15) is 29.5 Å². The highest BCUT2D eigenvalue weighted by atomic mass is 16.5. The summed E-state index contributed by atoms with van der Waals surface area (Å²) in [4.78, 5) is 11.0. The second kappa shape index (κ2) is 6.28. The van der Waals surface area contributed by atoms with Crippen molar-refractivity contribution in [2.75, 3.05) is 14.2 Å². The number of carbonyl (C=O) groups is 1. The Morgan fingerprint density at radius 3 is 2.24 bits per heavy atom. The monoisotopic (exact) mass is 236 g/mol. The molecule has 0 radical (unpaired) electrons. The van der Waals surface area contributed by atoms with E-state index in [1.807, 2.05) is 12.1 Å². The second-order valence-corrected chi connectivity index (χ2v) is 4.17. The fourth-order valence-corrected chi connectivity index (χ4v) is 1.98. The lowest BCUT2D eigenvalue weighted by molar-refractivity contribution is -0.140. The van der Waals surface area contributed by atoms with Gasteiger partial charge in [0.05, 0.1) is 14.2 Å². The van der Waals surface area contributed by atoms with Crippen molar-refractivity contribution in [3.63, 3.8) is 0 Å². The summed E-state index contributed by atoms with van der Waals surface area (Å²) < 4.78 is 9.84. The van der Waals surface area contributed by atoms with Gasteiger partial charge in [0.2, 0.25) is 0 Å². The Morgan fingerprint density at radius 2 is 1.76 bits per heavy atom. The number of carbonyl (C=O) groups excluding carboxylic acids is 1. The van der Waals surface area contributed by atoms with E-state index in [9.17, 15) is 4.79 Å². The Balaban J connectivity index is 2.68. The summed E-state index contributed by atoms with van der Waals surface area (Å²) in [7, 11) is 3.09. The molecule has 3 heteroatoms. The number of benzene rings is 1. The van der Waals surface area contributed by atoms with Crippen molar-refractivity contribution in [2.24, 2.45) is 0 Å². The van der Waals surface area contributed by atoms with Crippen molar-refractivity contribution >= 4 is 5.97 Å². The molecule has 0 saturated carbocycles. The quantitative estimate of drug-likeness (QED) is 0.737. The average Bonchev–Trinajstić information content (AvgIpc) is 2.31. The van der Waals surface area contributed by atoms with Gasteiger partial charge >= 0.3 is 5.97 Å². The molecule has 0 aliphatic heterocycles. The molecule has 3 nitrogen and oxygen atoms in total. The van der Waals surface area contributed by atoms with E-state index in [2.05, 4.69) is 18.6 Å². The average molecular weight is 236 g/mol. The maximum atomic E-state index is 11.0.